The number of carboxylic acids is 1. The highest BCUT2D eigenvalue weighted by Gasteiger charge is 2.27. The molecule has 0 bridgehead atoms. The maximum absolute atomic E-state index is 13.9. The predicted molar refractivity (Wildman–Crippen MR) is 73.4 cm³/mol. The van der Waals surface area contributed by atoms with Crippen LogP contribution in [0.4, 0.5) is 4.39 Å². The molecule has 0 aliphatic carbocycles. The van der Waals surface area contributed by atoms with Gasteiger partial charge in [-0.1, -0.05) is 13.3 Å². The van der Waals surface area contributed by atoms with Gasteiger partial charge in [-0.2, -0.15) is 4.72 Å². The molecule has 0 saturated heterocycles. The van der Waals surface area contributed by atoms with Crippen molar-refractivity contribution in [1.29, 1.82) is 0 Å². The van der Waals surface area contributed by atoms with E-state index in [1.807, 2.05) is 4.72 Å². The van der Waals surface area contributed by atoms with Crippen LogP contribution >= 0.6 is 0 Å². The first-order valence-corrected chi connectivity index (χ1v) is 7.80. The molecule has 0 aliphatic heterocycles. The molecule has 2 aromatic rings. The molecule has 0 radical (unpaired) electrons. The number of aliphatic carboxylic acids is 1. The summed E-state index contributed by atoms with van der Waals surface area (Å²) in [5.74, 6) is -3.34. The standard InChI is InChI=1S/C12H13FN2O6S/c1-2-3-7(11(16)17)15-22(19,20)10-5-9-8(4-6(10)13)14-12(18)21-9/h4-5,7,15H,2-3H2,1H3,(H,14,18)(H,16,17). The van der Waals surface area contributed by atoms with E-state index in [0.29, 0.717) is 6.42 Å². The van der Waals surface area contributed by atoms with Crippen molar-refractivity contribution in [3.8, 4) is 0 Å². The highest BCUT2D eigenvalue weighted by Crippen LogP contribution is 2.21. The van der Waals surface area contributed by atoms with Gasteiger partial charge in [0.25, 0.3) is 0 Å². The Balaban J connectivity index is 2.46. The van der Waals surface area contributed by atoms with E-state index < -0.39 is 38.5 Å². The third-order valence-electron chi connectivity index (χ3n) is 2.94. The second kappa shape index (κ2) is 5.89. The van der Waals surface area contributed by atoms with Gasteiger partial charge in [0.2, 0.25) is 10.0 Å². The van der Waals surface area contributed by atoms with Crippen molar-refractivity contribution in [3.63, 3.8) is 0 Å². The minimum Gasteiger partial charge on any atom is -0.480 e. The number of rotatable bonds is 6. The fraction of sp³-hybridized carbons (Fsp3) is 0.333. The zero-order valence-electron chi connectivity index (χ0n) is 11.4. The van der Waals surface area contributed by atoms with Gasteiger partial charge in [0.1, 0.15) is 16.8 Å². The Morgan fingerprint density at radius 3 is 2.77 bits per heavy atom. The molecular formula is C12H13FN2O6S. The molecule has 2 rings (SSSR count). The second-order valence-electron chi connectivity index (χ2n) is 4.59. The summed E-state index contributed by atoms with van der Waals surface area (Å²) in [5.41, 5.74) is -0.140. The Kier molecular flexibility index (Phi) is 4.33. The van der Waals surface area contributed by atoms with E-state index in [2.05, 4.69) is 9.40 Å². The van der Waals surface area contributed by atoms with Crippen molar-refractivity contribution in [2.45, 2.75) is 30.7 Å². The van der Waals surface area contributed by atoms with E-state index in [0.717, 1.165) is 12.1 Å². The number of halogens is 1. The first-order chi connectivity index (χ1) is 10.2. The molecule has 1 atom stereocenters. The molecule has 0 spiro atoms. The zero-order chi connectivity index (χ0) is 16.5. The smallest absolute Gasteiger partial charge is 0.417 e. The summed E-state index contributed by atoms with van der Waals surface area (Å²) in [4.78, 5) is 23.4. The average molecular weight is 332 g/mol. The van der Waals surface area contributed by atoms with Gasteiger partial charge in [-0.3, -0.25) is 9.78 Å². The number of carboxylic acid groups (broad SMARTS) is 1. The van der Waals surface area contributed by atoms with Crippen LogP contribution in [0, 0.1) is 5.82 Å². The summed E-state index contributed by atoms with van der Waals surface area (Å²) in [5, 5.41) is 8.97. The summed E-state index contributed by atoms with van der Waals surface area (Å²) in [6.07, 6.45) is 0.478. The highest BCUT2D eigenvalue weighted by molar-refractivity contribution is 7.89. The van der Waals surface area contributed by atoms with Gasteiger partial charge in [0.05, 0.1) is 5.52 Å². The van der Waals surface area contributed by atoms with E-state index in [4.69, 9.17) is 5.11 Å². The van der Waals surface area contributed by atoms with Crippen molar-refractivity contribution in [3.05, 3.63) is 28.5 Å². The lowest BCUT2D eigenvalue weighted by Crippen LogP contribution is -2.40. The molecule has 1 unspecified atom stereocenters. The van der Waals surface area contributed by atoms with Crippen LogP contribution in [0.3, 0.4) is 0 Å². The van der Waals surface area contributed by atoms with Crippen LogP contribution in [0.2, 0.25) is 0 Å². The van der Waals surface area contributed by atoms with Crippen molar-refractivity contribution in [2.24, 2.45) is 0 Å². The number of sulfonamides is 1. The lowest BCUT2D eigenvalue weighted by molar-refractivity contribution is -0.139. The van der Waals surface area contributed by atoms with E-state index >= 15 is 0 Å². The Hall–Kier alpha value is -2.20. The maximum Gasteiger partial charge on any atom is 0.417 e. The molecule has 22 heavy (non-hydrogen) atoms. The van der Waals surface area contributed by atoms with Gasteiger partial charge in [-0.25, -0.2) is 17.6 Å². The minimum atomic E-state index is -4.42. The first-order valence-electron chi connectivity index (χ1n) is 6.32. The number of aromatic nitrogens is 1. The molecular weight excluding hydrogens is 319 g/mol. The van der Waals surface area contributed by atoms with Gasteiger partial charge >= 0.3 is 11.7 Å². The van der Waals surface area contributed by atoms with Crippen molar-refractivity contribution >= 4 is 27.1 Å². The van der Waals surface area contributed by atoms with E-state index in [-0.39, 0.29) is 17.5 Å². The fourth-order valence-electron chi connectivity index (χ4n) is 1.93. The van der Waals surface area contributed by atoms with E-state index in [1.165, 1.54) is 0 Å². The summed E-state index contributed by atoms with van der Waals surface area (Å²) in [6.45, 7) is 1.69. The minimum absolute atomic E-state index is 0.00444. The Morgan fingerprint density at radius 2 is 2.18 bits per heavy atom. The van der Waals surface area contributed by atoms with Crippen LogP contribution in [0.15, 0.2) is 26.2 Å². The van der Waals surface area contributed by atoms with Crippen LogP contribution in [0.5, 0.6) is 0 Å². The SMILES string of the molecule is CCCC(NS(=O)(=O)c1cc2oc(=O)[nH]c2cc1F)C(=O)O. The van der Waals surface area contributed by atoms with Gasteiger partial charge in [-0.15, -0.1) is 0 Å². The monoisotopic (exact) mass is 332 g/mol. The Labute approximate surface area is 124 Å². The van der Waals surface area contributed by atoms with E-state index in [9.17, 15) is 22.4 Å². The number of hydrogen-bond acceptors (Lipinski definition) is 5. The summed E-state index contributed by atoms with van der Waals surface area (Å²) < 4.78 is 44.8. The van der Waals surface area contributed by atoms with Crippen LogP contribution in [-0.4, -0.2) is 30.5 Å². The van der Waals surface area contributed by atoms with Crippen molar-refractivity contribution in [1.82, 2.24) is 9.71 Å². The molecule has 1 aromatic carbocycles. The largest absolute Gasteiger partial charge is 0.480 e. The first kappa shape index (κ1) is 16.2. The molecule has 120 valence electrons. The highest BCUT2D eigenvalue weighted by atomic mass is 32.2. The molecule has 8 nitrogen and oxygen atoms in total. The topological polar surface area (TPSA) is 129 Å². The fourth-order valence-corrected chi connectivity index (χ4v) is 3.23. The summed E-state index contributed by atoms with van der Waals surface area (Å²) >= 11 is 0. The normalized spacial score (nSPS) is 13.4. The number of benzene rings is 1. The third kappa shape index (κ3) is 3.17. The molecule has 0 saturated carbocycles. The maximum atomic E-state index is 13.9. The van der Waals surface area contributed by atoms with Gasteiger partial charge < -0.3 is 9.52 Å². The molecule has 3 N–H and O–H groups in total. The number of fused-ring (bicyclic) bond motifs is 1. The second-order valence-corrected chi connectivity index (χ2v) is 6.28. The number of oxazole rings is 1. The van der Waals surface area contributed by atoms with Crippen molar-refractivity contribution in [2.75, 3.05) is 0 Å². The molecule has 1 aromatic heterocycles. The zero-order valence-corrected chi connectivity index (χ0v) is 12.2. The Bertz CT molecular complexity index is 869. The lowest BCUT2D eigenvalue weighted by Gasteiger charge is -2.14. The lowest BCUT2D eigenvalue weighted by atomic mass is 10.2. The summed E-state index contributed by atoms with van der Waals surface area (Å²) in [7, 11) is -4.42. The van der Waals surface area contributed by atoms with Crippen molar-refractivity contribution < 1.29 is 27.1 Å². The van der Waals surface area contributed by atoms with E-state index in [1.54, 1.807) is 6.92 Å². The molecule has 10 heteroatoms. The third-order valence-corrected chi connectivity index (χ3v) is 4.42. The number of carbonyl (C=O) groups is 1. The van der Waals surface area contributed by atoms with Crippen LogP contribution < -0.4 is 10.5 Å². The predicted octanol–water partition coefficient (Wildman–Crippen LogP) is 0.792. The van der Waals surface area contributed by atoms with Crippen LogP contribution in [-0.2, 0) is 14.8 Å². The van der Waals surface area contributed by atoms with Crippen LogP contribution in [0.1, 0.15) is 19.8 Å². The number of hydrogen-bond donors (Lipinski definition) is 3. The van der Waals surface area contributed by atoms with Crippen LogP contribution in [0.25, 0.3) is 11.1 Å². The number of nitrogens with one attached hydrogen (secondary N) is 2. The van der Waals surface area contributed by atoms with Gasteiger partial charge in [0.15, 0.2) is 5.58 Å². The van der Waals surface area contributed by atoms with Gasteiger partial charge in [0, 0.05) is 12.1 Å². The quantitative estimate of drug-likeness (QED) is 0.717. The molecule has 0 aliphatic rings. The number of aromatic amines is 1. The molecule has 1 heterocycles. The summed E-state index contributed by atoms with van der Waals surface area (Å²) in [6, 6.07) is 0.253. The average Bonchev–Trinajstić information content (AvgIpc) is 2.76. The molecule has 0 fully saturated rings. The van der Waals surface area contributed by atoms with Gasteiger partial charge in [-0.05, 0) is 6.42 Å². The number of H-pyrrole nitrogens is 1. The Morgan fingerprint density at radius 1 is 1.50 bits per heavy atom. The molecule has 0 amide bonds.